The summed E-state index contributed by atoms with van der Waals surface area (Å²) in [6.07, 6.45) is 3.55. The lowest BCUT2D eigenvalue weighted by atomic mass is 10.0. The number of carbonyl (C=O) groups is 3. The maximum Gasteiger partial charge on any atom is 0.307 e. The molecule has 1 saturated heterocycles. The number of nitrogen functional groups attached to an aromatic ring is 1. The number of carboxylic acid groups (broad SMARTS) is 1. The molecule has 0 unspecified atom stereocenters. The Hall–Kier alpha value is -4.23. The molecule has 0 saturated carbocycles. The number of aliphatic imine (C=N–C) groups is 1. The largest absolute Gasteiger partial charge is 0.543 e. The molecule has 0 radical (unpaired) electrons. The summed E-state index contributed by atoms with van der Waals surface area (Å²) in [5.41, 5.74) is 11.9. The first-order valence-corrected chi connectivity index (χ1v) is 15.2. The van der Waals surface area contributed by atoms with Crippen LogP contribution in [-0.4, -0.2) is 89.8 Å². The number of aromatic nitrogens is 5. The number of aliphatic carboxylic acids is 1. The maximum absolute atomic E-state index is 13.1. The van der Waals surface area contributed by atoms with Gasteiger partial charge in [-0.1, -0.05) is 10.3 Å². The van der Waals surface area contributed by atoms with E-state index in [1.807, 2.05) is 16.7 Å². The molecule has 2 aliphatic rings. The Morgan fingerprint density at radius 1 is 1.38 bits per heavy atom. The summed E-state index contributed by atoms with van der Waals surface area (Å²) < 4.78 is 7.49. The van der Waals surface area contributed by atoms with E-state index in [4.69, 9.17) is 16.3 Å². The molecule has 42 heavy (non-hydrogen) atoms. The summed E-state index contributed by atoms with van der Waals surface area (Å²) in [7, 11) is 1.25. The quantitative estimate of drug-likeness (QED) is 0.0397. The Balaban J connectivity index is 1.30. The smallest absolute Gasteiger partial charge is 0.307 e. The Kier molecular flexibility index (Phi) is 8.59. The van der Waals surface area contributed by atoms with Crippen LogP contribution in [0.1, 0.15) is 12.7 Å². The van der Waals surface area contributed by atoms with Gasteiger partial charge in [0, 0.05) is 34.7 Å². The van der Waals surface area contributed by atoms with Crippen LogP contribution in [0.25, 0.3) is 5.65 Å². The lowest BCUT2D eigenvalue weighted by molar-refractivity contribution is -0.662. The molecule has 1 fully saturated rings. The SMILES string of the molecule is CO/N=C(\C(=O)N[C@@H]1C(=O)N2C(C(=O)[O-])=C(C[n+]3ccn4nc(SCCN=C(C)N)ccc43)CS[C@H]12)c1nsc(N)n1. The van der Waals surface area contributed by atoms with E-state index >= 15 is 0 Å². The maximum atomic E-state index is 13.1. The van der Waals surface area contributed by atoms with Crippen LogP contribution in [0.5, 0.6) is 0 Å². The van der Waals surface area contributed by atoms with Crippen LogP contribution in [0.4, 0.5) is 5.13 Å². The second kappa shape index (κ2) is 12.3. The van der Waals surface area contributed by atoms with Crippen molar-refractivity contribution in [1.29, 1.82) is 0 Å². The van der Waals surface area contributed by atoms with Gasteiger partial charge in [-0.3, -0.25) is 19.5 Å². The number of amidine groups is 1. The lowest BCUT2D eigenvalue weighted by Gasteiger charge is -2.50. The molecule has 0 aliphatic carbocycles. The Labute approximate surface area is 251 Å². The molecule has 2 aliphatic heterocycles. The van der Waals surface area contributed by atoms with Gasteiger partial charge in [0.15, 0.2) is 11.3 Å². The molecule has 5 heterocycles. The van der Waals surface area contributed by atoms with E-state index in [-0.39, 0.29) is 28.9 Å². The van der Waals surface area contributed by atoms with E-state index in [1.165, 1.54) is 18.9 Å². The van der Waals surface area contributed by atoms with E-state index < -0.39 is 29.2 Å². The Morgan fingerprint density at radius 2 is 2.19 bits per heavy atom. The summed E-state index contributed by atoms with van der Waals surface area (Å²) in [6, 6.07) is 2.76. The van der Waals surface area contributed by atoms with Crippen LogP contribution in [0.15, 0.2) is 51.0 Å². The molecule has 2 amide bonds. The minimum atomic E-state index is -1.48. The summed E-state index contributed by atoms with van der Waals surface area (Å²) in [5.74, 6) is -1.35. The van der Waals surface area contributed by atoms with Gasteiger partial charge in [0.1, 0.15) is 36.3 Å². The molecule has 0 aromatic carbocycles. The molecule has 220 valence electrons. The standard InChI is InChI=1S/C23H25N11O5S3/c1-11(24)26-5-8-40-13-3-4-14-32(6-7-33(14)29-13)9-12-10-41-21-16(20(36)34(21)17(12)22(37)38)27-19(35)15(30-39-2)18-28-23(25)42-31-18/h3-4,6-7,16,21H,5,8-10H2,1-2H3,(H5-,24,25,26,27,28,31,35,37,38)/b30-15-/t16-,21-/m1/s1. The molecule has 3 aromatic heterocycles. The van der Waals surface area contributed by atoms with Crippen LogP contribution in [0, 0.1) is 0 Å². The summed E-state index contributed by atoms with van der Waals surface area (Å²) in [5, 5.41) is 23.4. The van der Waals surface area contributed by atoms with Crippen LogP contribution >= 0.6 is 35.1 Å². The number of nitrogens with two attached hydrogens (primary N) is 2. The average molecular weight is 632 g/mol. The number of hydrogen-bond donors (Lipinski definition) is 3. The van der Waals surface area contributed by atoms with E-state index in [0.29, 0.717) is 23.7 Å². The number of oxime groups is 1. The number of nitrogens with zero attached hydrogens (tertiary/aromatic N) is 8. The van der Waals surface area contributed by atoms with Crippen molar-refractivity contribution >= 4 is 75.2 Å². The molecule has 3 aromatic rings. The molecular weight excluding hydrogens is 607 g/mol. The minimum absolute atomic E-state index is 0.0535. The van der Waals surface area contributed by atoms with E-state index in [9.17, 15) is 19.5 Å². The van der Waals surface area contributed by atoms with Crippen molar-refractivity contribution in [3.63, 3.8) is 0 Å². The predicted molar refractivity (Wildman–Crippen MR) is 153 cm³/mol. The topological polar surface area (TPSA) is 222 Å². The van der Waals surface area contributed by atoms with Crippen molar-refractivity contribution in [2.24, 2.45) is 15.9 Å². The highest BCUT2D eigenvalue weighted by Crippen LogP contribution is 2.40. The van der Waals surface area contributed by atoms with Crippen LogP contribution in [0.2, 0.25) is 0 Å². The zero-order valence-electron chi connectivity index (χ0n) is 22.3. The number of thioether (sulfide) groups is 2. The first-order chi connectivity index (χ1) is 20.2. The number of rotatable bonds is 11. The Bertz CT molecular complexity index is 1650. The first kappa shape index (κ1) is 29.3. The second-order valence-corrected chi connectivity index (χ2v) is 12.0. The van der Waals surface area contributed by atoms with Gasteiger partial charge in [0.25, 0.3) is 11.8 Å². The molecule has 16 nitrogen and oxygen atoms in total. The minimum Gasteiger partial charge on any atom is -0.543 e. The molecule has 0 bridgehead atoms. The van der Waals surface area contributed by atoms with Crippen LogP contribution in [-0.2, 0) is 25.8 Å². The lowest BCUT2D eigenvalue weighted by Crippen LogP contribution is -2.71. The van der Waals surface area contributed by atoms with Gasteiger partial charge in [-0.15, -0.1) is 28.0 Å². The summed E-state index contributed by atoms with van der Waals surface area (Å²) in [6.45, 7) is 2.51. The van der Waals surface area contributed by atoms with Crippen LogP contribution < -0.4 is 26.5 Å². The zero-order valence-corrected chi connectivity index (χ0v) is 24.7. The Morgan fingerprint density at radius 3 is 2.88 bits per heavy atom. The highest BCUT2D eigenvalue weighted by molar-refractivity contribution is 8.00. The predicted octanol–water partition coefficient (Wildman–Crippen LogP) is -2.02. The third-order valence-electron chi connectivity index (χ3n) is 6.14. The number of fused-ring (bicyclic) bond motifs is 2. The fourth-order valence-electron chi connectivity index (χ4n) is 4.37. The van der Waals surface area contributed by atoms with Gasteiger partial charge < -0.3 is 31.5 Å². The van der Waals surface area contributed by atoms with Gasteiger partial charge in [0.2, 0.25) is 11.5 Å². The van der Waals surface area contributed by atoms with Crippen LogP contribution in [0.3, 0.4) is 0 Å². The molecule has 19 heteroatoms. The number of hydrogen-bond acceptors (Lipinski definition) is 14. The van der Waals surface area contributed by atoms with Crippen molar-refractivity contribution in [2.75, 3.05) is 30.9 Å². The molecule has 5 rings (SSSR count). The van der Waals surface area contributed by atoms with E-state index in [0.717, 1.165) is 32.9 Å². The van der Waals surface area contributed by atoms with Crippen molar-refractivity contribution in [3.05, 3.63) is 41.6 Å². The summed E-state index contributed by atoms with van der Waals surface area (Å²) >= 11 is 3.74. The molecule has 0 spiro atoms. The number of β-lactam (4-membered cyclic amide) rings is 1. The van der Waals surface area contributed by atoms with E-state index in [1.54, 1.807) is 35.6 Å². The average Bonchev–Trinajstić information content (AvgIpc) is 3.57. The van der Waals surface area contributed by atoms with Crippen molar-refractivity contribution < 1.29 is 28.9 Å². The highest BCUT2D eigenvalue weighted by Gasteiger charge is 2.53. The number of anilines is 1. The normalized spacial score (nSPS) is 19.1. The van der Waals surface area contributed by atoms with Gasteiger partial charge in [0.05, 0.1) is 24.0 Å². The van der Waals surface area contributed by atoms with Gasteiger partial charge in [-0.25, -0.2) is 4.57 Å². The number of nitrogens with one attached hydrogen (secondary N) is 1. The number of carbonyl (C=O) groups excluding carboxylic acids is 3. The van der Waals surface area contributed by atoms with Crippen molar-refractivity contribution in [2.45, 2.75) is 29.9 Å². The molecule has 5 N–H and O–H groups in total. The third kappa shape index (κ3) is 5.88. The summed E-state index contributed by atoms with van der Waals surface area (Å²) in [4.78, 5) is 52.3. The first-order valence-electron chi connectivity index (χ1n) is 12.3. The second-order valence-electron chi connectivity index (χ2n) is 8.95. The van der Waals surface area contributed by atoms with E-state index in [2.05, 4.69) is 29.9 Å². The number of amides is 2. The number of imidazole rings is 1. The fourth-order valence-corrected chi connectivity index (χ4v) is 6.84. The zero-order chi connectivity index (χ0) is 30.0. The number of carboxylic acids is 1. The van der Waals surface area contributed by atoms with Crippen molar-refractivity contribution in [3.8, 4) is 0 Å². The van der Waals surface area contributed by atoms with Gasteiger partial charge >= 0.3 is 5.65 Å². The van der Waals surface area contributed by atoms with Crippen molar-refractivity contribution in [1.82, 2.24) is 29.2 Å². The van der Waals surface area contributed by atoms with Gasteiger partial charge in [-0.05, 0) is 13.0 Å². The highest BCUT2D eigenvalue weighted by atomic mass is 32.2. The van der Waals surface area contributed by atoms with Gasteiger partial charge in [-0.2, -0.15) is 9.36 Å². The molecule has 2 atom stereocenters. The fraction of sp³-hybridized carbons (Fsp3) is 0.348. The third-order valence-corrected chi connectivity index (χ3v) is 8.92. The monoisotopic (exact) mass is 631 g/mol. The molecular formula is C23H25N11O5S3.